The molecule has 54 valence electrons. The molecule has 0 aromatic rings. The third kappa shape index (κ3) is 0.831. The summed E-state index contributed by atoms with van der Waals surface area (Å²) in [5.41, 5.74) is 2.21. The van der Waals surface area contributed by atoms with Crippen molar-refractivity contribution in [2.45, 2.75) is 13.0 Å². The van der Waals surface area contributed by atoms with Gasteiger partial charge in [0.2, 0.25) is 0 Å². The number of nitrogens with zero attached hydrogens (tertiary/aromatic N) is 2. The van der Waals surface area contributed by atoms with E-state index in [2.05, 4.69) is 5.10 Å². The summed E-state index contributed by atoms with van der Waals surface area (Å²) in [5, 5.41) is 13.5. The van der Waals surface area contributed by atoms with Gasteiger partial charge in [-0.3, -0.25) is 14.9 Å². The lowest BCUT2D eigenvalue weighted by Gasteiger charge is -1.95. The standard InChI is InChI=1S/C4H5N3O3/c1-2-3(7(9)10)4(8)6-5-2/h3H,1H3,(H,6,8). The molecular weight excluding hydrogens is 138 g/mol. The minimum atomic E-state index is -1.28. The zero-order valence-electron chi connectivity index (χ0n) is 5.20. The number of hydrogen-bond donors (Lipinski definition) is 1. The zero-order valence-corrected chi connectivity index (χ0v) is 5.20. The minimum Gasteiger partial charge on any atom is -0.265 e. The maximum atomic E-state index is 10.6. The summed E-state index contributed by atoms with van der Waals surface area (Å²) in [7, 11) is 0. The van der Waals surface area contributed by atoms with Crippen molar-refractivity contribution in [3.8, 4) is 0 Å². The molecule has 1 atom stereocenters. The minimum absolute atomic E-state index is 0.204. The Morgan fingerprint density at radius 2 is 2.40 bits per heavy atom. The lowest BCUT2D eigenvalue weighted by Crippen LogP contribution is -2.35. The summed E-state index contributed by atoms with van der Waals surface area (Å²) in [6, 6.07) is -1.28. The van der Waals surface area contributed by atoms with Crippen molar-refractivity contribution >= 4 is 11.6 Å². The van der Waals surface area contributed by atoms with Crippen LogP contribution < -0.4 is 5.43 Å². The summed E-state index contributed by atoms with van der Waals surface area (Å²) in [6.45, 7) is 1.44. The van der Waals surface area contributed by atoms with Gasteiger partial charge in [-0.05, 0) is 6.92 Å². The van der Waals surface area contributed by atoms with Gasteiger partial charge in [-0.2, -0.15) is 5.10 Å². The molecule has 0 saturated heterocycles. The van der Waals surface area contributed by atoms with Crippen molar-refractivity contribution in [2.75, 3.05) is 0 Å². The van der Waals surface area contributed by atoms with Gasteiger partial charge in [-0.15, -0.1) is 0 Å². The molecule has 1 unspecified atom stereocenters. The van der Waals surface area contributed by atoms with E-state index >= 15 is 0 Å². The van der Waals surface area contributed by atoms with Crippen molar-refractivity contribution in [3.63, 3.8) is 0 Å². The van der Waals surface area contributed by atoms with Crippen molar-refractivity contribution in [2.24, 2.45) is 5.10 Å². The van der Waals surface area contributed by atoms with Gasteiger partial charge >= 0.3 is 11.9 Å². The Hall–Kier alpha value is -1.46. The first-order valence-electron chi connectivity index (χ1n) is 2.60. The van der Waals surface area contributed by atoms with Gasteiger partial charge in [0.15, 0.2) is 0 Å². The molecule has 0 aromatic heterocycles. The summed E-state index contributed by atoms with van der Waals surface area (Å²) in [4.78, 5) is 20.0. The first kappa shape index (κ1) is 6.66. The van der Waals surface area contributed by atoms with Crippen molar-refractivity contribution in [1.82, 2.24) is 5.43 Å². The van der Waals surface area contributed by atoms with Crippen LogP contribution in [0.2, 0.25) is 0 Å². The topological polar surface area (TPSA) is 84.6 Å². The van der Waals surface area contributed by atoms with Crippen LogP contribution in [-0.2, 0) is 4.79 Å². The molecule has 6 heteroatoms. The molecule has 0 aromatic carbocycles. The van der Waals surface area contributed by atoms with Gasteiger partial charge in [0.25, 0.3) is 0 Å². The van der Waals surface area contributed by atoms with Crippen LogP contribution in [0.15, 0.2) is 5.10 Å². The van der Waals surface area contributed by atoms with E-state index in [1.54, 1.807) is 0 Å². The van der Waals surface area contributed by atoms with Crippen molar-refractivity contribution in [1.29, 1.82) is 0 Å². The highest BCUT2D eigenvalue weighted by atomic mass is 16.6. The number of nitrogens with one attached hydrogen (secondary N) is 1. The van der Waals surface area contributed by atoms with Crippen LogP contribution in [-0.4, -0.2) is 22.6 Å². The number of carbonyl (C=O) groups is 1. The molecule has 6 nitrogen and oxygen atoms in total. The Bertz CT molecular complexity index is 222. The van der Waals surface area contributed by atoms with E-state index in [0.717, 1.165) is 0 Å². The summed E-state index contributed by atoms with van der Waals surface area (Å²) >= 11 is 0. The van der Waals surface area contributed by atoms with E-state index in [0.29, 0.717) is 0 Å². The van der Waals surface area contributed by atoms with E-state index in [-0.39, 0.29) is 5.71 Å². The average molecular weight is 143 g/mol. The Kier molecular flexibility index (Phi) is 1.37. The van der Waals surface area contributed by atoms with Crippen LogP contribution in [0.1, 0.15) is 6.92 Å². The Labute approximate surface area is 56.1 Å². The zero-order chi connectivity index (χ0) is 7.72. The molecule has 0 saturated carbocycles. The van der Waals surface area contributed by atoms with Crippen LogP contribution in [0.25, 0.3) is 0 Å². The normalized spacial score (nSPS) is 23.9. The highest BCUT2D eigenvalue weighted by Gasteiger charge is 2.37. The molecule has 0 spiro atoms. The Balaban J connectivity index is 2.84. The fourth-order valence-electron chi connectivity index (χ4n) is 0.704. The van der Waals surface area contributed by atoms with Gasteiger partial charge < -0.3 is 0 Å². The van der Waals surface area contributed by atoms with E-state index in [9.17, 15) is 14.9 Å². The molecule has 1 aliphatic rings. The predicted molar refractivity (Wildman–Crippen MR) is 32.0 cm³/mol. The number of hydrazone groups is 1. The third-order valence-electron chi connectivity index (χ3n) is 1.20. The molecule has 10 heavy (non-hydrogen) atoms. The number of amides is 1. The van der Waals surface area contributed by atoms with Crippen molar-refractivity contribution < 1.29 is 9.72 Å². The molecule has 1 heterocycles. The molecule has 0 radical (unpaired) electrons. The van der Waals surface area contributed by atoms with Gasteiger partial charge in [0.1, 0.15) is 5.71 Å². The lowest BCUT2D eigenvalue weighted by atomic mass is 10.2. The number of hydrogen-bond acceptors (Lipinski definition) is 4. The van der Waals surface area contributed by atoms with Crippen LogP contribution >= 0.6 is 0 Å². The lowest BCUT2D eigenvalue weighted by molar-refractivity contribution is -0.488. The Morgan fingerprint density at radius 1 is 1.80 bits per heavy atom. The second kappa shape index (κ2) is 2.05. The fourth-order valence-corrected chi connectivity index (χ4v) is 0.704. The molecule has 1 N–H and O–H groups in total. The van der Waals surface area contributed by atoms with Gasteiger partial charge in [0, 0.05) is 4.92 Å². The van der Waals surface area contributed by atoms with Gasteiger partial charge in [-0.1, -0.05) is 0 Å². The number of rotatable bonds is 1. The quantitative estimate of drug-likeness (QED) is 0.382. The molecule has 0 aliphatic carbocycles. The first-order valence-corrected chi connectivity index (χ1v) is 2.60. The molecule has 1 aliphatic heterocycles. The molecule has 1 rings (SSSR count). The highest BCUT2D eigenvalue weighted by Crippen LogP contribution is 2.00. The van der Waals surface area contributed by atoms with Crippen molar-refractivity contribution in [3.05, 3.63) is 10.1 Å². The number of nitro groups is 1. The molecule has 0 fully saturated rings. The first-order chi connectivity index (χ1) is 4.63. The molecule has 0 bridgehead atoms. The van der Waals surface area contributed by atoms with E-state index in [4.69, 9.17) is 0 Å². The largest absolute Gasteiger partial charge is 0.330 e. The summed E-state index contributed by atoms with van der Waals surface area (Å²) in [5.74, 6) is -0.664. The summed E-state index contributed by atoms with van der Waals surface area (Å²) < 4.78 is 0. The van der Waals surface area contributed by atoms with Crippen LogP contribution in [0.3, 0.4) is 0 Å². The second-order valence-corrected chi connectivity index (χ2v) is 1.92. The third-order valence-corrected chi connectivity index (χ3v) is 1.20. The summed E-state index contributed by atoms with van der Waals surface area (Å²) in [6.07, 6.45) is 0. The monoisotopic (exact) mass is 143 g/mol. The van der Waals surface area contributed by atoms with E-state index in [1.807, 2.05) is 5.43 Å². The number of carbonyl (C=O) groups excluding carboxylic acids is 1. The Morgan fingerprint density at radius 3 is 2.60 bits per heavy atom. The van der Waals surface area contributed by atoms with Crippen LogP contribution in [0, 0.1) is 10.1 Å². The maximum absolute atomic E-state index is 10.6. The van der Waals surface area contributed by atoms with Gasteiger partial charge in [-0.25, -0.2) is 5.43 Å². The smallest absolute Gasteiger partial charge is 0.265 e. The maximum Gasteiger partial charge on any atom is 0.330 e. The molecular formula is C4H5N3O3. The molecule has 1 amide bonds. The second-order valence-electron chi connectivity index (χ2n) is 1.92. The average Bonchev–Trinajstić information content (AvgIpc) is 2.11. The van der Waals surface area contributed by atoms with Crippen LogP contribution in [0.4, 0.5) is 0 Å². The SMILES string of the molecule is CC1=NNC(=O)C1[N+](=O)[O-]. The predicted octanol–water partition coefficient (Wildman–Crippen LogP) is -0.863. The van der Waals surface area contributed by atoms with Gasteiger partial charge in [0.05, 0.1) is 0 Å². The fraction of sp³-hybridized carbons (Fsp3) is 0.500. The van der Waals surface area contributed by atoms with Crippen LogP contribution in [0.5, 0.6) is 0 Å². The highest BCUT2D eigenvalue weighted by molar-refractivity contribution is 6.09. The van der Waals surface area contributed by atoms with E-state index in [1.165, 1.54) is 6.92 Å². The van der Waals surface area contributed by atoms with E-state index < -0.39 is 16.9 Å².